The lowest BCUT2D eigenvalue weighted by Gasteiger charge is -2.36. The van der Waals surface area contributed by atoms with Crippen molar-refractivity contribution in [1.82, 2.24) is 20.2 Å². The lowest BCUT2D eigenvalue weighted by atomic mass is 10.1. The zero-order chi connectivity index (χ0) is 30.1. The van der Waals surface area contributed by atoms with Crippen molar-refractivity contribution in [3.63, 3.8) is 0 Å². The molecule has 44 heavy (non-hydrogen) atoms. The van der Waals surface area contributed by atoms with Crippen molar-refractivity contribution in [2.24, 2.45) is 0 Å². The van der Waals surface area contributed by atoms with Crippen LogP contribution >= 0.6 is 0 Å². The minimum absolute atomic E-state index is 0.209. The van der Waals surface area contributed by atoms with E-state index < -0.39 is 0 Å². The number of hydrogen-bond donors (Lipinski definition) is 3. The monoisotopic (exact) mass is 588 g/mol. The number of para-hydroxylation sites is 1. The van der Waals surface area contributed by atoms with E-state index in [0.29, 0.717) is 13.2 Å². The van der Waals surface area contributed by atoms with Crippen LogP contribution in [0, 0.1) is 0 Å². The first kappa shape index (κ1) is 29.3. The highest BCUT2D eigenvalue weighted by molar-refractivity contribution is 5.91. The molecular formula is C36H40N6O2. The number of fused-ring (bicyclic) bond motifs is 1. The number of piperazine rings is 1. The summed E-state index contributed by atoms with van der Waals surface area (Å²) < 4.78 is 6.01. The molecule has 1 saturated heterocycles. The van der Waals surface area contributed by atoms with Gasteiger partial charge in [-0.05, 0) is 60.4 Å². The summed E-state index contributed by atoms with van der Waals surface area (Å²) >= 11 is 0. The molecule has 2 amide bonds. The molecule has 5 aromatic rings. The number of hydrogen-bond acceptors (Lipinski definition) is 5. The number of rotatable bonds is 11. The molecule has 0 bridgehead atoms. The number of amides is 2. The summed E-state index contributed by atoms with van der Waals surface area (Å²) in [5, 5.41) is 5.78. The van der Waals surface area contributed by atoms with Crippen molar-refractivity contribution in [1.29, 1.82) is 0 Å². The Morgan fingerprint density at radius 3 is 2.39 bits per heavy atom. The number of imidazole rings is 1. The molecule has 0 saturated carbocycles. The Kier molecular flexibility index (Phi) is 9.38. The summed E-state index contributed by atoms with van der Waals surface area (Å²) in [5.41, 5.74) is 7.66. The zero-order valence-electron chi connectivity index (χ0n) is 25.3. The summed E-state index contributed by atoms with van der Waals surface area (Å²) in [6.45, 7) is 8.06. The Labute approximate surface area is 259 Å². The third-order valence-electron chi connectivity index (χ3n) is 8.17. The van der Waals surface area contributed by atoms with Crippen LogP contribution in [0.1, 0.15) is 18.1 Å². The predicted octanol–water partition coefficient (Wildman–Crippen LogP) is 6.36. The first-order valence-corrected chi connectivity index (χ1v) is 15.5. The summed E-state index contributed by atoms with van der Waals surface area (Å²) in [6, 6.07) is 32.5. The van der Waals surface area contributed by atoms with Crippen LogP contribution in [0.2, 0.25) is 0 Å². The highest BCUT2D eigenvalue weighted by Crippen LogP contribution is 2.29. The first-order valence-electron chi connectivity index (χ1n) is 15.5. The Bertz CT molecular complexity index is 1640. The molecule has 3 N–H and O–H groups in total. The van der Waals surface area contributed by atoms with Gasteiger partial charge in [0.1, 0.15) is 23.7 Å². The van der Waals surface area contributed by atoms with Gasteiger partial charge in [0, 0.05) is 50.5 Å². The molecule has 0 unspecified atom stereocenters. The van der Waals surface area contributed by atoms with Gasteiger partial charge in [-0.3, -0.25) is 4.90 Å². The molecule has 6 rings (SSSR count). The lowest BCUT2D eigenvalue weighted by Crippen LogP contribution is -2.47. The molecule has 0 atom stereocenters. The molecule has 4 aromatic carbocycles. The SMILES string of the molecule is CCc1ccc(-c2nc3c(N4CCN(CCOc5ccc(NC(=O)NCCc6ccccc6)cc5)CC4)cccc3[nH]2)cc1. The van der Waals surface area contributed by atoms with Crippen LogP contribution in [-0.4, -0.2) is 66.8 Å². The van der Waals surface area contributed by atoms with Crippen molar-refractivity contribution in [3.8, 4) is 17.1 Å². The molecule has 8 nitrogen and oxygen atoms in total. The standard InChI is InChI=1S/C36H40N6O2/c1-2-27-11-13-29(14-12-27)35-39-32-9-6-10-33(34(32)40-35)42-23-21-41(22-24-42)25-26-44-31-17-15-30(16-18-31)38-36(43)37-20-19-28-7-4-3-5-8-28/h3-18H,2,19-26H2,1H3,(H,39,40)(H2,37,38,43). The van der Waals surface area contributed by atoms with Crippen molar-refractivity contribution < 1.29 is 9.53 Å². The van der Waals surface area contributed by atoms with Crippen LogP contribution in [0.25, 0.3) is 22.4 Å². The number of benzene rings is 4. The molecule has 0 radical (unpaired) electrons. The fraction of sp³-hybridized carbons (Fsp3) is 0.278. The molecule has 1 aromatic heterocycles. The quantitative estimate of drug-likeness (QED) is 0.167. The normalized spacial score (nSPS) is 13.6. The molecule has 1 aliphatic rings. The highest BCUT2D eigenvalue weighted by atomic mass is 16.5. The predicted molar refractivity (Wildman–Crippen MR) is 179 cm³/mol. The Balaban J connectivity index is 0.937. The zero-order valence-corrected chi connectivity index (χ0v) is 25.3. The highest BCUT2D eigenvalue weighted by Gasteiger charge is 2.20. The van der Waals surface area contributed by atoms with Gasteiger partial charge in [-0.15, -0.1) is 0 Å². The summed E-state index contributed by atoms with van der Waals surface area (Å²) in [4.78, 5) is 25.6. The largest absolute Gasteiger partial charge is 0.492 e. The number of aromatic amines is 1. The fourth-order valence-corrected chi connectivity index (χ4v) is 5.59. The van der Waals surface area contributed by atoms with Crippen LogP contribution in [0.15, 0.2) is 97.1 Å². The Morgan fingerprint density at radius 1 is 0.864 bits per heavy atom. The molecule has 226 valence electrons. The number of ether oxygens (including phenoxy) is 1. The second kappa shape index (κ2) is 14.1. The van der Waals surface area contributed by atoms with Gasteiger partial charge in [-0.25, -0.2) is 9.78 Å². The second-order valence-electron chi connectivity index (χ2n) is 11.1. The van der Waals surface area contributed by atoms with Crippen LogP contribution < -0.4 is 20.3 Å². The maximum Gasteiger partial charge on any atom is 0.319 e. The minimum Gasteiger partial charge on any atom is -0.492 e. The number of urea groups is 1. The molecule has 8 heteroatoms. The fourth-order valence-electron chi connectivity index (χ4n) is 5.59. The van der Waals surface area contributed by atoms with Gasteiger partial charge in [0.25, 0.3) is 0 Å². The number of aromatic nitrogens is 2. The number of nitrogens with zero attached hydrogens (tertiary/aromatic N) is 3. The van der Waals surface area contributed by atoms with E-state index in [-0.39, 0.29) is 6.03 Å². The summed E-state index contributed by atoms with van der Waals surface area (Å²) in [5.74, 6) is 1.71. The third-order valence-corrected chi connectivity index (χ3v) is 8.17. The van der Waals surface area contributed by atoms with Crippen molar-refractivity contribution in [3.05, 3.63) is 108 Å². The van der Waals surface area contributed by atoms with Gasteiger partial charge in [0.2, 0.25) is 0 Å². The van der Waals surface area contributed by atoms with Crippen molar-refractivity contribution in [2.75, 3.05) is 56.1 Å². The number of anilines is 2. The minimum atomic E-state index is -0.209. The summed E-state index contributed by atoms with van der Waals surface area (Å²) in [7, 11) is 0. The topological polar surface area (TPSA) is 85.5 Å². The van der Waals surface area contributed by atoms with Crippen molar-refractivity contribution >= 4 is 28.4 Å². The molecule has 0 aliphatic carbocycles. The van der Waals surface area contributed by atoms with E-state index in [1.165, 1.54) is 16.8 Å². The number of carbonyl (C=O) groups is 1. The second-order valence-corrected chi connectivity index (χ2v) is 11.1. The Hall–Kier alpha value is -4.82. The molecule has 1 aliphatic heterocycles. The van der Waals surface area contributed by atoms with Crippen molar-refractivity contribution in [2.45, 2.75) is 19.8 Å². The van der Waals surface area contributed by atoms with E-state index in [2.05, 4.69) is 86.9 Å². The van der Waals surface area contributed by atoms with E-state index >= 15 is 0 Å². The molecule has 0 spiro atoms. The van der Waals surface area contributed by atoms with Gasteiger partial charge in [0.05, 0.1) is 11.2 Å². The van der Waals surface area contributed by atoms with Gasteiger partial charge in [-0.2, -0.15) is 0 Å². The average molecular weight is 589 g/mol. The van der Waals surface area contributed by atoms with Gasteiger partial charge < -0.3 is 25.3 Å². The molecular weight excluding hydrogens is 548 g/mol. The van der Waals surface area contributed by atoms with Crippen LogP contribution in [0.3, 0.4) is 0 Å². The van der Waals surface area contributed by atoms with E-state index in [9.17, 15) is 4.79 Å². The molecule has 2 heterocycles. The maximum absolute atomic E-state index is 12.2. The average Bonchev–Trinajstić information content (AvgIpc) is 3.51. The van der Waals surface area contributed by atoms with Gasteiger partial charge in [0.15, 0.2) is 0 Å². The van der Waals surface area contributed by atoms with Gasteiger partial charge >= 0.3 is 6.03 Å². The number of aryl methyl sites for hydroxylation is 1. The van der Waals surface area contributed by atoms with E-state index in [0.717, 1.165) is 79.4 Å². The maximum atomic E-state index is 12.2. The van der Waals surface area contributed by atoms with E-state index in [4.69, 9.17) is 9.72 Å². The number of carbonyl (C=O) groups excluding carboxylic acids is 1. The smallest absolute Gasteiger partial charge is 0.319 e. The van der Waals surface area contributed by atoms with E-state index in [1.54, 1.807) is 0 Å². The first-order chi connectivity index (χ1) is 21.6. The van der Waals surface area contributed by atoms with Crippen LogP contribution in [-0.2, 0) is 12.8 Å². The summed E-state index contributed by atoms with van der Waals surface area (Å²) in [6.07, 6.45) is 1.83. The number of nitrogens with one attached hydrogen (secondary N) is 3. The van der Waals surface area contributed by atoms with Gasteiger partial charge in [-0.1, -0.05) is 67.6 Å². The van der Waals surface area contributed by atoms with Crippen LogP contribution in [0.5, 0.6) is 5.75 Å². The molecule has 1 fully saturated rings. The van der Waals surface area contributed by atoms with Crippen LogP contribution in [0.4, 0.5) is 16.2 Å². The third kappa shape index (κ3) is 7.38. The number of H-pyrrole nitrogens is 1. The lowest BCUT2D eigenvalue weighted by molar-refractivity contribution is 0.200. The van der Waals surface area contributed by atoms with E-state index in [1.807, 2.05) is 42.5 Å². The Morgan fingerprint density at radius 2 is 1.64 bits per heavy atom.